The Labute approximate surface area is 501 Å². The molecule has 0 aliphatic heterocycles. The Kier molecular flexibility index (Phi) is 22.9. The third kappa shape index (κ3) is 15.1. The molecule has 0 amide bonds. The van der Waals surface area contributed by atoms with Gasteiger partial charge in [0.05, 0.1) is 82.3 Å². The average molecular weight is 1200 g/mol. The first-order chi connectivity index (χ1) is 41.3. The summed E-state index contributed by atoms with van der Waals surface area (Å²) in [6.07, 6.45) is 2.24. The molecule has 0 bridgehead atoms. The van der Waals surface area contributed by atoms with Gasteiger partial charge in [-0.1, -0.05) is 170 Å². The fraction of sp³-hybridized carbons (Fsp3) is 0.229. The lowest BCUT2D eigenvalue weighted by Gasteiger charge is -2.31. The van der Waals surface area contributed by atoms with E-state index in [2.05, 4.69) is 121 Å². The van der Waals surface area contributed by atoms with Gasteiger partial charge in [0.1, 0.15) is 46.0 Å². The molecule has 10 nitrogen and oxygen atoms in total. The van der Waals surface area contributed by atoms with Crippen LogP contribution in [0.1, 0.15) is 11.1 Å². The van der Waals surface area contributed by atoms with Crippen LogP contribution in [-0.4, -0.2) is 93.7 Å². The van der Waals surface area contributed by atoms with E-state index in [9.17, 15) is 0 Å². The van der Waals surface area contributed by atoms with Crippen molar-refractivity contribution in [3.63, 3.8) is 0 Å². The Bertz CT molecular complexity index is 2890. The van der Waals surface area contributed by atoms with Crippen molar-refractivity contribution in [3.8, 4) is 46.0 Å². The zero-order valence-corrected chi connectivity index (χ0v) is 52.6. The molecule has 0 N–H and O–H groups in total. The molecule has 9 aromatic carbocycles. The largest absolute Gasteiger partial charge is 0.496 e. The maximum Gasteiger partial charge on any atom is 0.126 e. The molecule has 14 heteroatoms. The third-order valence-electron chi connectivity index (χ3n) is 14.5. The van der Waals surface area contributed by atoms with Crippen molar-refractivity contribution < 1.29 is 47.4 Å². The van der Waals surface area contributed by atoms with E-state index in [1.807, 2.05) is 97.1 Å². The number of rotatable bonds is 30. The Morgan fingerprint density at radius 2 is 0.381 bits per heavy atom. The van der Waals surface area contributed by atoms with Gasteiger partial charge < -0.3 is 47.4 Å². The summed E-state index contributed by atoms with van der Waals surface area (Å²) in [5, 5.41) is 8.94. The second kappa shape index (κ2) is 31.2. The van der Waals surface area contributed by atoms with Crippen LogP contribution in [0.3, 0.4) is 0 Å². The second-order valence-corrected chi connectivity index (χ2v) is 28.2. The summed E-state index contributed by atoms with van der Waals surface area (Å²) in [4.78, 5) is 0. The highest BCUT2D eigenvalue weighted by atomic mass is 31.1. The molecular weight excluding hydrogens is 1120 g/mol. The van der Waals surface area contributed by atoms with Crippen molar-refractivity contribution in [2.24, 2.45) is 0 Å². The quantitative estimate of drug-likeness (QED) is 0.0405. The van der Waals surface area contributed by atoms with Crippen LogP contribution in [0.25, 0.3) is 0 Å². The topological polar surface area (TPSA) is 92.3 Å². The van der Waals surface area contributed by atoms with Gasteiger partial charge in [-0.2, -0.15) is 0 Å². The number of hydrogen-bond acceptors (Lipinski definition) is 10. The van der Waals surface area contributed by atoms with Crippen LogP contribution in [0.5, 0.6) is 46.0 Å². The molecule has 0 aliphatic carbocycles. The molecule has 0 unspecified atom stereocenters. The first-order valence-electron chi connectivity index (χ1n) is 27.8. The van der Waals surface area contributed by atoms with E-state index < -0.39 is 31.7 Å². The second-order valence-electron chi connectivity index (χ2n) is 19.5. The van der Waals surface area contributed by atoms with Gasteiger partial charge in [0.25, 0.3) is 0 Å². The number of ether oxygens (including phenoxy) is 10. The maximum absolute atomic E-state index is 7.34. The Morgan fingerprint density at radius 1 is 0.226 bits per heavy atom. The molecule has 0 spiro atoms. The molecular formula is C70H74O10P4. The predicted octanol–water partition coefficient (Wildman–Crippen LogP) is 12.1. The van der Waals surface area contributed by atoms with Crippen molar-refractivity contribution in [1.82, 2.24) is 0 Å². The predicted molar refractivity (Wildman–Crippen MR) is 352 cm³/mol. The van der Waals surface area contributed by atoms with Crippen LogP contribution in [0.4, 0.5) is 0 Å². The van der Waals surface area contributed by atoms with Gasteiger partial charge in [-0.3, -0.25) is 0 Å². The number of methoxy groups -OCH3 is 8. The standard InChI is InChI=1S/C70H74O10P4/c1-71-55-25-9-17-33-63(55)81(64-34-18-10-26-56(64)72-2)47-53(48-82(65-35-19-11-27-57(65)73-3)66-36-20-12-28-58(66)74-4)79-45-51-41-43-52(44-42-51)46-80-54(49-83(67-37-21-13-29-59(67)75-5)68-38-22-14-30-60(68)76-6)50-84(69-39-23-15-31-61(69)77-7)70-40-24-16-32-62(70)78-8/h9-44,53-54H,45-50H2,1-8H3. The van der Waals surface area contributed by atoms with E-state index in [4.69, 9.17) is 47.4 Å². The molecule has 0 saturated heterocycles. The Balaban J connectivity index is 1.06. The summed E-state index contributed by atoms with van der Waals surface area (Å²) in [6.45, 7) is 0.751. The zero-order valence-electron chi connectivity index (χ0n) is 49.1. The molecule has 0 fully saturated rings. The molecule has 9 rings (SSSR count). The van der Waals surface area contributed by atoms with E-state index in [0.717, 1.165) is 99.6 Å². The highest BCUT2D eigenvalue weighted by molar-refractivity contribution is 7.75. The van der Waals surface area contributed by atoms with Crippen molar-refractivity contribution in [3.05, 3.63) is 230 Å². The maximum atomic E-state index is 7.34. The lowest BCUT2D eigenvalue weighted by Crippen LogP contribution is -2.31. The minimum atomic E-state index is -1.09. The van der Waals surface area contributed by atoms with E-state index in [1.54, 1.807) is 56.9 Å². The summed E-state index contributed by atoms with van der Waals surface area (Å²) in [5.41, 5.74) is 2.09. The molecule has 9 aromatic rings. The van der Waals surface area contributed by atoms with Crippen LogP contribution in [0, 0.1) is 0 Å². The molecule has 0 aliphatic rings. The van der Waals surface area contributed by atoms with Gasteiger partial charge >= 0.3 is 0 Å². The van der Waals surface area contributed by atoms with E-state index >= 15 is 0 Å². The van der Waals surface area contributed by atoms with Gasteiger partial charge in [0.15, 0.2) is 0 Å². The van der Waals surface area contributed by atoms with Gasteiger partial charge in [0, 0.05) is 67.1 Å². The normalized spacial score (nSPS) is 11.4. The fourth-order valence-corrected chi connectivity index (χ4v) is 21.6. The van der Waals surface area contributed by atoms with Crippen molar-refractivity contribution in [1.29, 1.82) is 0 Å². The van der Waals surface area contributed by atoms with Crippen LogP contribution < -0.4 is 80.3 Å². The average Bonchev–Trinajstić information content (AvgIpc) is 3.55. The molecule has 0 radical (unpaired) electrons. The van der Waals surface area contributed by atoms with Crippen LogP contribution in [-0.2, 0) is 22.7 Å². The number of benzene rings is 9. The lowest BCUT2D eigenvalue weighted by molar-refractivity contribution is 0.0691. The van der Waals surface area contributed by atoms with Gasteiger partial charge in [-0.05, 0) is 91.3 Å². The molecule has 0 saturated carbocycles. The summed E-state index contributed by atoms with van der Waals surface area (Å²) in [6, 6.07) is 75.3. The molecule has 434 valence electrons. The first kappa shape index (κ1) is 61.6. The number of para-hydroxylation sites is 8. The first-order valence-corrected chi connectivity index (χ1v) is 33.9. The molecule has 84 heavy (non-hydrogen) atoms. The van der Waals surface area contributed by atoms with Crippen molar-refractivity contribution in [2.45, 2.75) is 25.4 Å². The highest BCUT2D eigenvalue weighted by Gasteiger charge is 2.33. The highest BCUT2D eigenvalue weighted by Crippen LogP contribution is 2.48. The molecule has 0 heterocycles. The van der Waals surface area contributed by atoms with Gasteiger partial charge in [0.2, 0.25) is 0 Å². The van der Waals surface area contributed by atoms with Crippen LogP contribution >= 0.6 is 31.7 Å². The van der Waals surface area contributed by atoms with Crippen molar-refractivity contribution >= 4 is 74.1 Å². The zero-order chi connectivity index (χ0) is 58.6. The van der Waals surface area contributed by atoms with E-state index in [0.29, 0.717) is 37.9 Å². The minimum absolute atomic E-state index is 0.252. The summed E-state index contributed by atoms with van der Waals surface area (Å²) < 4.78 is 63.4. The minimum Gasteiger partial charge on any atom is -0.496 e. The van der Waals surface area contributed by atoms with Crippen LogP contribution in [0.2, 0.25) is 0 Å². The lowest BCUT2D eigenvalue weighted by atomic mass is 10.1. The summed E-state index contributed by atoms with van der Waals surface area (Å²) in [5.74, 6) is 6.65. The summed E-state index contributed by atoms with van der Waals surface area (Å²) in [7, 11) is 9.58. The Morgan fingerprint density at radius 3 is 0.536 bits per heavy atom. The van der Waals surface area contributed by atoms with Crippen LogP contribution in [0.15, 0.2) is 218 Å². The third-order valence-corrected chi connectivity index (χ3v) is 25.2. The molecule has 0 aromatic heterocycles. The Hall–Kier alpha value is -6.98. The van der Waals surface area contributed by atoms with Gasteiger partial charge in [-0.25, -0.2) is 0 Å². The van der Waals surface area contributed by atoms with Crippen molar-refractivity contribution in [2.75, 3.05) is 81.5 Å². The van der Waals surface area contributed by atoms with E-state index in [-0.39, 0.29) is 12.2 Å². The summed E-state index contributed by atoms with van der Waals surface area (Å²) >= 11 is 0. The molecule has 0 atom stereocenters. The SMILES string of the molecule is COc1ccccc1P(CC(CP(c1ccccc1OC)c1ccccc1OC)OCc1ccc(COC(CP(c2ccccc2OC)c2ccccc2OC)CP(c2ccccc2OC)c2ccccc2OC)cc1)c1ccccc1OC. The van der Waals surface area contributed by atoms with Gasteiger partial charge in [-0.15, -0.1) is 0 Å². The fourth-order valence-electron chi connectivity index (χ4n) is 10.4. The monoisotopic (exact) mass is 1200 g/mol. The van der Waals surface area contributed by atoms with E-state index in [1.165, 1.54) is 0 Å². The smallest absolute Gasteiger partial charge is 0.126 e. The number of hydrogen-bond donors (Lipinski definition) is 0.